The van der Waals surface area contributed by atoms with Crippen LogP contribution in [-0.2, 0) is 11.2 Å². The Kier molecular flexibility index (Phi) is 7.18. The number of anilines is 1. The van der Waals surface area contributed by atoms with E-state index >= 15 is 0 Å². The van der Waals surface area contributed by atoms with E-state index in [2.05, 4.69) is 59.3 Å². The zero-order valence-electron chi connectivity index (χ0n) is 21.6. The van der Waals surface area contributed by atoms with Crippen LogP contribution in [0.2, 0.25) is 0 Å². The van der Waals surface area contributed by atoms with Gasteiger partial charge in [-0.15, -0.1) is 0 Å². The van der Waals surface area contributed by atoms with Crippen molar-refractivity contribution in [2.24, 2.45) is 0 Å². The van der Waals surface area contributed by atoms with Crippen LogP contribution in [0, 0.1) is 20.8 Å². The van der Waals surface area contributed by atoms with Crippen molar-refractivity contribution in [3.63, 3.8) is 0 Å². The van der Waals surface area contributed by atoms with Crippen LogP contribution in [0.15, 0.2) is 48.5 Å². The minimum Gasteiger partial charge on any atom is -0.369 e. The third-order valence-corrected chi connectivity index (χ3v) is 7.33. The van der Waals surface area contributed by atoms with E-state index in [0.717, 1.165) is 79.2 Å². The number of hydrogen-bond acceptors (Lipinski definition) is 5. The van der Waals surface area contributed by atoms with Crippen LogP contribution in [0.4, 0.5) is 5.69 Å². The predicted octanol–water partition coefficient (Wildman–Crippen LogP) is 4.07. The molecule has 5 rings (SSSR count). The summed E-state index contributed by atoms with van der Waals surface area (Å²) in [5.74, 6) is 0.101. The fraction of sp³-hybridized carbons (Fsp3) is 0.414. The molecule has 2 aromatic carbocycles. The standard InChI is InChI=1S/C29H36N6O/c1-21-8-6-9-24(20-21)34-18-16-33(17-19-34)15-7-14-30-28(36)13-12-25-22(2)31-29-26-10-4-5-11-27(26)32-35(29)23(25)3/h4-6,8-11,20H,7,12-19H2,1-3H3,(H,30,36). The molecule has 0 unspecified atom stereocenters. The number of piperazine rings is 1. The molecule has 0 atom stereocenters. The van der Waals surface area contributed by atoms with Crippen LogP contribution in [-0.4, -0.2) is 64.7 Å². The molecule has 4 aromatic rings. The van der Waals surface area contributed by atoms with Gasteiger partial charge in [0.1, 0.15) is 0 Å². The molecular formula is C29H36N6O. The zero-order chi connectivity index (χ0) is 25.1. The van der Waals surface area contributed by atoms with E-state index in [1.54, 1.807) is 0 Å². The highest BCUT2D eigenvalue weighted by Gasteiger charge is 2.17. The monoisotopic (exact) mass is 484 g/mol. The summed E-state index contributed by atoms with van der Waals surface area (Å²) in [5.41, 5.74) is 7.60. The Morgan fingerprint density at radius 2 is 1.81 bits per heavy atom. The van der Waals surface area contributed by atoms with Crippen LogP contribution in [0.5, 0.6) is 0 Å². The molecule has 188 valence electrons. The molecule has 1 aliphatic heterocycles. The van der Waals surface area contributed by atoms with Crippen LogP contribution in [0.3, 0.4) is 0 Å². The predicted molar refractivity (Wildman–Crippen MR) is 146 cm³/mol. The quantitative estimate of drug-likeness (QED) is 0.382. The average Bonchev–Trinajstić information content (AvgIpc) is 3.26. The summed E-state index contributed by atoms with van der Waals surface area (Å²) in [6.45, 7) is 12.2. The number of nitrogens with one attached hydrogen (secondary N) is 1. The molecule has 7 heteroatoms. The maximum atomic E-state index is 12.5. The molecule has 1 N–H and O–H groups in total. The summed E-state index contributed by atoms with van der Waals surface area (Å²) < 4.78 is 1.92. The second-order valence-corrected chi connectivity index (χ2v) is 9.88. The molecule has 1 aliphatic rings. The normalized spacial score (nSPS) is 14.6. The van der Waals surface area contributed by atoms with Gasteiger partial charge in [-0.05, 0) is 75.5 Å². The van der Waals surface area contributed by atoms with Crippen molar-refractivity contribution in [3.05, 3.63) is 71.0 Å². The number of aryl methyl sites for hydroxylation is 3. The first-order chi connectivity index (χ1) is 17.5. The summed E-state index contributed by atoms with van der Waals surface area (Å²) in [4.78, 5) is 22.3. The maximum absolute atomic E-state index is 12.5. The number of amides is 1. The lowest BCUT2D eigenvalue weighted by Crippen LogP contribution is -2.47. The number of nitrogens with zero attached hydrogens (tertiary/aromatic N) is 5. The fourth-order valence-corrected chi connectivity index (χ4v) is 5.25. The van der Waals surface area contributed by atoms with Gasteiger partial charge in [0.15, 0.2) is 5.65 Å². The molecule has 0 bridgehead atoms. The Bertz CT molecular complexity index is 1370. The summed E-state index contributed by atoms with van der Waals surface area (Å²) in [5, 5.41) is 8.89. The van der Waals surface area contributed by atoms with Crippen LogP contribution in [0.25, 0.3) is 16.6 Å². The SMILES string of the molecule is Cc1cccc(N2CCN(CCCNC(=O)CCc3c(C)nc4c5ccccc5nn4c3C)CC2)c1. The first-order valence-corrected chi connectivity index (χ1v) is 13.0. The van der Waals surface area contributed by atoms with Gasteiger partial charge in [0, 0.05) is 61.6 Å². The van der Waals surface area contributed by atoms with Crippen LogP contribution < -0.4 is 10.2 Å². The third kappa shape index (κ3) is 5.21. The number of rotatable bonds is 8. The number of aromatic nitrogens is 3. The topological polar surface area (TPSA) is 65.8 Å². The van der Waals surface area contributed by atoms with E-state index in [1.165, 1.54) is 11.3 Å². The zero-order valence-corrected chi connectivity index (χ0v) is 21.6. The van der Waals surface area contributed by atoms with Gasteiger partial charge in [-0.2, -0.15) is 5.10 Å². The maximum Gasteiger partial charge on any atom is 0.220 e. The van der Waals surface area contributed by atoms with Crippen molar-refractivity contribution in [1.29, 1.82) is 0 Å². The molecular weight excluding hydrogens is 448 g/mol. The van der Waals surface area contributed by atoms with Gasteiger partial charge in [-0.1, -0.05) is 24.3 Å². The second-order valence-electron chi connectivity index (χ2n) is 9.88. The van der Waals surface area contributed by atoms with E-state index in [1.807, 2.05) is 29.6 Å². The minimum atomic E-state index is 0.101. The number of hydrogen-bond donors (Lipinski definition) is 1. The summed E-state index contributed by atoms with van der Waals surface area (Å²) in [7, 11) is 0. The molecule has 1 fully saturated rings. The van der Waals surface area contributed by atoms with Gasteiger partial charge in [-0.3, -0.25) is 9.69 Å². The molecule has 1 amide bonds. The summed E-state index contributed by atoms with van der Waals surface area (Å²) >= 11 is 0. The number of carbonyl (C=O) groups is 1. The van der Waals surface area contributed by atoms with E-state index in [4.69, 9.17) is 10.1 Å². The lowest BCUT2D eigenvalue weighted by Gasteiger charge is -2.36. The van der Waals surface area contributed by atoms with Crippen LogP contribution in [0.1, 0.15) is 35.4 Å². The van der Waals surface area contributed by atoms with Crippen molar-refractivity contribution >= 4 is 28.1 Å². The van der Waals surface area contributed by atoms with E-state index < -0.39 is 0 Å². The van der Waals surface area contributed by atoms with Crippen molar-refractivity contribution in [2.45, 2.75) is 40.0 Å². The number of fused-ring (bicyclic) bond motifs is 3. The van der Waals surface area contributed by atoms with Crippen molar-refractivity contribution in [3.8, 4) is 0 Å². The number of carbonyl (C=O) groups excluding carboxylic acids is 1. The molecule has 0 aliphatic carbocycles. The molecule has 0 saturated carbocycles. The average molecular weight is 485 g/mol. The highest BCUT2D eigenvalue weighted by atomic mass is 16.1. The molecule has 2 aromatic heterocycles. The molecule has 1 saturated heterocycles. The highest BCUT2D eigenvalue weighted by Crippen LogP contribution is 2.23. The number of benzene rings is 2. The smallest absolute Gasteiger partial charge is 0.220 e. The third-order valence-electron chi connectivity index (χ3n) is 7.33. The van der Waals surface area contributed by atoms with Gasteiger partial charge < -0.3 is 10.2 Å². The Morgan fingerprint density at radius 3 is 2.61 bits per heavy atom. The fourth-order valence-electron chi connectivity index (χ4n) is 5.25. The highest BCUT2D eigenvalue weighted by molar-refractivity contribution is 5.92. The lowest BCUT2D eigenvalue weighted by atomic mass is 10.1. The van der Waals surface area contributed by atoms with Crippen LogP contribution >= 0.6 is 0 Å². The van der Waals surface area contributed by atoms with E-state index in [9.17, 15) is 4.79 Å². The second kappa shape index (κ2) is 10.7. The van der Waals surface area contributed by atoms with Gasteiger partial charge in [0.2, 0.25) is 5.91 Å². The lowest BCUT2D eigenvalue weighted by molar-refractivity contribution is -0.121. The van der Waals surface area contributed by atoms with Gasteiger partial charge in [0.05, 0.1) is 5.52 Å². The molecule has 7 nitrogen and oxygen atoms in total. The minimum absolute atomic E-state index is 0.101. The van der Waals surface area contributed by atoms with E-state index in [0.29, 0.717) is 12.8 Å². The van der Waals surface area contributed by atoms with E-state index in [-0.39, 0.29) is 5.91 Å². The van der Waals surface area contributed by atoms with Gasteiger partial charge in [0.25, 0.3) is 0 Å². The Labute approximate surface area is 213 Å². The van der Waals surface area contributed by atoms with Gasteiger partial charge in [-0.25, -0.2) is 9.50 Å². The van der Waals surface area contributed by atoms with Gasteiger partial charge >= 0.3 is 0 Å². The van der Waals surface area contributed by atoms with Crippen molar-refractivity contribution in [2.75, 3.05) is 44.2 Å². The summed E-state index contributed by atoms with van der Waals surface area (Å²) in [6, 6.07) is 16.8. The molecule has 0 radical (unpaired) electrons. The summed E-state index contributed by atoms with van der Waals surface area (Å²) in [6.07, 6.45) is 2.11. The Balaban J connectivity index is 1.06. The Morgan fingerprint density at radius 1 is 1.00 bits per heavy atom. The Hall–Kier alpha value is -3.45. The molecule has 36 heavy (non-hydrogen) atoms. The van der Waals surface area contributed by atoms with Crippen molar-refractivity contribution < 1.29 is 4.79 Å². The molecule has 0 spiro atoms. The molecule has 3 heterocycles. The first kappa shape index (κ1) is 24.3. The van der Waals surface area contributed by atoms with Crippen molar-refractivity contribution in [1.82, 2.24) is 24.8 Å². The largest absolute Gasteiger partial charge is 0.369 e. The first-order valence-electron chi connectivity index (χ1n) is 13.0.